The van der Waals surface area contributed by atoms with Crippen molar-refractivity contribution < 1.29 is 8.54 Å². The van der Waals surface area contributed by atoms with E-state index in [1.54, 1.807) is 7.11 Å². The predicted molar refractivity (Wildman–Crippen MR) is 31.0 cm³/mol. The van der Waals surface area contributed by atoms with E-state index in [2.05, 4.69) is 6.55 Å². The van der Waals surface area contributed by atoms with Gasteiger partial charge in [0.15, 0.2) is 0 Å². The van der Waals surface area contributed by atoms with E-state index < -0.39 is 10.0 Å². The molecule has 0 heterocycles. The second-order valence-electron chi connectivity index (χ2n) is 0.899. The second-order valence-corrected chi connectivity index (χ2v) is 3.92. The van der Waals surface area contributed by atoms with Crippen LogP contribution in [0.5, 0.6) is 0 Å². The molecule has 0 saturated carbocycles. The molecule has 0 fully saturated rings. The van der Waals surface area contributed by atoms with Crippen molar-refractivity contribution in [1.82, 2.24) is 0 Å². The predicted octanol–water partition coefficient (Wildman–Crippen LogP) is -1.22. The minimum absolute atomic E-state index is 0.160. The number of rotatable bonds is 3. The van der Waals surface area contributed by atoms with Crippen LogP contribution in [0.15, 0.2) is 0 Å². The van der Waals surface area contributed by atoms with Crippen LogP contribution in [0.25, 0.3) is 0 Å². The van der Waals surface area contributed by atoms with Crippen molar-refractivity contribution in [2.45, 2.75) is 6.55 Å². The summed E-state index contributed by atoms with van der Waals surface area (Å²) in [5, 5.41) is 0. The zero-order chi connectivity index (χ0) is 4.83. The summed E-state index contributed by atoms with van der Waals surface area (Å²) in [6.07, 6.45) is 0. The molecule has 38 valence electrons. The Morgan fingerprint density at radius 3 is 2.33 bits per heavy atom. The fraction of sp³-hybridized carbons (Fsp3) is 1.00. The van der Waals surface area contributed by atoms with Gasteiger partial charge in [-0.1, -0.05) is 6.55 Å². The van der Waals surface area contributed by atoms with Crippen LogP contribution in [0.1, 0.15) is 0 Å². The Hall–Kier alpha value is 0.354. The van der Waals surface area contributed by atoms with Gasteiger partial charge in [0, 0.05) is 7.11 Å². The van der Waals surface area contributed by atoms with E-state index in [9.17, 15) is 0 Å². The molecule has 0 N–H and O–H groups in total. The molecule has 0 saturated heterocycles. The molecule has 0 aliphatic rings. The zero-order valence-corrected chi connectivity index (χ0v) is 7.06. The van der Waals surface area contributed by atoms with Crippen LogP contribution in [-0.2, 0) is 8.54 Å². The normalized spacial score (nSPS) is 13.0. The van der Waals surface area contributed by atoms with E-state index >= 15 is 0 Å². The first-order chi connectivity index (χ1) is 2.91. The van der Waals surface area contributed by atoms with Crippen molar-refractivity contribution in [2.75, 3.05) is 7.11 Å². The smallest absolute Gasteiger partial charge is 0.293 e. The number of hydrogen-bond acceptors (Lipinski definition) is 2. The third kappa shape index (κ3) is 4.35. The van der Waals surface area contributed by atoms with Gasteiger partial charge in [-0.25, -0.2) is 0 Å². The van der Waals surface area contributed by atoms with Crippen LogP contribution in [0.2, 0.25) is 6.55 Å². The summed E-state index contributed by atoms with van der Waals surface area (Å²) >= 11 is 0. The molecule has 0 aliphatic carbocycles. The third-order valence-electron chi connectivity index (χ3n) is 0.405. The SMILES string of the molecule is CO[SiH2]O[SiH2]C. The van der Waals surface area contributed by atoms with Gasteiger partial charge < -0.3 is 8.54 Å². The Morgan fingerprint density at radius 1 is 1.50 bits per heavy atom. The van der Waals surface area contributed by atoms with Crippen LogP contribution in [-0.4, -0.2) is 26.9 Å². The fourth-order valence-electron chi connectivity index (χ4n) is 0.167. The molecule has 0 amide bonds. The van der Waals surface area contributed by atoms with Crippen LogP contribution in [0, 0.1) is 0 Å². The first-order valence-corrected chi connectivity index (χ1v) is 5.13. The largest absolute Gasteiger partial charge is 0.446 e. The van der Waals surface area contributed by atoms with Gasteiger partial charge in [-0.3, -0.25) is 0 Å². The van der Waals surface area contributed by atoms with E-state index in [0.29, 0.717) is 0 Å². The minimum Gasteiger partial charge on any atom is -0.446 e. The highest BCUT2D eigenvalue weighted by molar-refractivity contribution is 6.37. The lowest BCUT2D eigenvalue weighted by atomic mass is 11.8. The van der Waals surface area contributed by atoms with Gasteiger partial charge in [0.2, 0.25) is 0 Å². The Bertz CT molecular complexity index is 21.5. The van der Waals surface area contributed by atoms with Crippen molar-refractivity contribution >= 4 is 19.8 Å². The molecule has 0 rings (SSSR count). The first kappa shape index (κ1) is 6.35. The Labute approximate surface area is 42.8 Å². The molecular weight excluding hydrogens is 112 g/mol. The lowest BCUT2D eigenvalue weighted by Crippen LogP contribution is -2.01. The van der Waals surface area contributed by atoms with Crippen LogP contribution in [0.3, 0.4) is 0 Å². The van der Waals surface area contributed by atoms with E-state index in [-0.39, 0.29) is 9.76 Å². The summed E-state index contributed by atoms with van der Waals surface area (Å²) in [5.74, 6) is 0. The van der Waals surface area contributed by atoms with E-state index in [1.807, 2.05) is 0 Å². The van der Waals surface area contributed by atoms with Crippen LogP contribution in [0.4, 0.5) is 0 Å². The Balaban J connectivity index is 2.34. The number of hydrogen-bond donors (Lipinski definition) is 0. The molecule has 6 heavy (non-hydrogen) atoms. The summed E-state index contributed by atoms with van der Waals surface area (Å²) in [5.41, 5.74) is 0. The maximum atomic E-state index is 5.04. The summed E-state index contributed by atoms with van der Waals surface area (Å²) in [7, 11) is 1.01. The lowest BCUT2D eigenvalue weighted by molar-refractivity contribution is 0.373. The molecule has 0 spiro atoms. The Morgan fingerprint density at radius 2 is 2.17 bits per heavy atom. The first-order valence-electron chi connectivity index (χ1n) is 1.98. The molecule has 4 heteroatoms. The van der Waals surface area contributed by atoms with Crippen molar-refractivity contribution in [1.29, 1.82) is 0 Å². The molecule has 0 atom stereocenters. The van der Waals surface area contributed by atoms with Crippen LogP contribution >= 0.6 is 0 Å². The summed E-state index contributed by atoms with van der Waals surface area (Å²) in [4.78, 5) is 0. The van der Waals surface area contributed by atoms with Crippen molar-refractivity contribution in [3.8, 4) is 0 Å². The third-order valence-corrected chi connectivity index (χ3v) is 2.94. The molecule has 0 aliphatic heterocycles. The van der Waals surface area contributed by atoms with Gasteiger partial charge >= 0.3 is 0 Å². The highest BCUT2D eigenvalue weighted by Crippen LogP contribution is 1.62. The molecule has 2 nitrogen and oxygen atoms in total. The van der Waals surface area contributed by atoms with E-state index in [0.717, 1.165) is 0 Å². The molecule has 0 unspecified atom stereocenters. The minimum atomic E-state index is -0.517. The molecule has 0 bridgehead atoms. The average molecular weight is 122 g/mol. The van der Waals surface area contributed by atoms with Crippen molar-refractivity contribution in [3.05, 3.63) is 0 Å². The van der Waals surface area contributed by atoms with Crippen LogP contribution < -0.4 is 0 Å². The molecule has 0 aromatic rings. The van der Waals surface area contributed by atoms with Crippen molar-refractivity contribution in [2.24, 2.45) is 0 Å². The van der Waals surface area contributed by atoms with E-state index in [4.69, 9.17) is 8.54 Å². The quantitative estimate of drug-likeness (QED) is 0.345. The van der Waals surface area contributed by atoms with E-state index in [1.165, 1.54) is 0 Å². The molecular formula is C2H10O2Si2. The maximum absolute atomic E-state index is 5.04. The second kappa shape index (κ2) is 5.35. The topological polar surface area (TPSA) is 18.5 Å². The van der Waals surface area contributed by atoms with Gasteiger partial charge in [-0.15, -0.1) is 0 Å². The zero-order valence-electron chi connectivity index (χ0n) is 4.23. The Kier molecular flexibility index (Phi) is 5.67. The van der Waals surface area contributed by atoms with Gasteiger partial charge in [0.05, 0.1) is 0 Å². The van der Waals surface area contributed by atoms with Gasteiger partial charge in [-0.05, 0) is 0 Å². The average Bonchev–Trinajstić information content (AvgIpc) is 1.61. The van der Waals surface area contributed by atoms with Gasteiger partial charge in [-0.2, -0.15) is 0 Å². The fourth-order valence-corrected chi connectivity index (χ4v) is 1.50. The molecule has 0 aromatic carbocycles. The highest BCUT2D eigenvalue weighted by Gasteiger charge is 1.75. The molecule has 0 aromatic heterocycles. The summed E-state index contributed by atoms with van der Waals surface area (Å²) < 4.78 is 9.77. The highest BCUT2D eigenvalue weighted by atomic mass is 28.3. The lowest BCUT2D eigenvalue weighted by Gasteiger charge is -1.92. The van der Waals surface area contributed by atoms with Gasteiger partial charge in [0.25, 0.3) is 10.0 Å². The maximum Gasteiger partial charge on any atom is 0.293 e. The summed E-state index contributed by atoms with van der Waals surface area (Å²) in [6, 6.07) is 0. The van der Waals surface area contributed by atoms with Crippen molar-refractivity contribution in [3.63, 3.8) is 0 Å². The molecule has 0 radical (unpaired) electrons. The monoisotopic (exact) mass is 122 g/mol. The van der Waals surface area contributed by atoms with Gasteiger partial charge in [0.1, 0.15) is 9.76 Å². The standard InChI is InChI=1S/C2H10O2Si2/c1-3-6-4-5-2/h5-6H2,1-2H3. The summed E-state index contributed by atoms with van der Waals surface area (Å²) in [6.45, 7) is 2.10.